The van der Waals surface area contributed by atoms with Crippen molar-refractivity contribution in [2.45, 2.75) is 71.9 Å². The average Bonchev–Trinajstić information content (AvgIpc) is 2.97. The van der Waals surface area contributed by atoms with Crippen molar-refractivity contribution in [3.05, 3.63) is 89.6 Å². The number of hydrogen-bond donors (Lipinski definition) is 1. The standard InChI is InChI=1S/C22H12F4N.C13H24O2.Ir/c1-21(22(24,25)26)16-7-3-2-5-14(16)20-19-13(9-10-27-20)12-6-4-8-18(23)15(12)11-17(19)21;1-5-10(6-2)12(14)9-13(15)11(7-3)8-4;/h2-4,6-11H,1H3;9-11,14H,5-8H2,1-4H3;/q-1;;/b;12-9-;. The molecule has 1 aliphatic carbocycles. The summed E-state index contributed by atoms with van der Waals surface area (Å²) in [6.07, 6.45) is 1.88. The fraction of sp³-hybridized carbons (Fsp3) is 0.371. The van der Waals surface area contributed by atoms with Crippen molar-refractivity contribution in [1.29, 1.82) is 0 Å². The number of aromatic nitrogens is 1. The van der Waals surface area contributed by atoms with Crippen LogP contribution in [0.5, 0.6) is 0 Å². The van der Waals surface area contributed by atoms with Crippen molar-refractivity contribution >= 4 is 27.3 Å². The quantitative estimate of drug-likeness (QED) is 0.0670. The molecule has 0 spiro atoms. The first-order valence-electron chi connectivity index (χ1n) is 14.5. The molecule has 1 heterocycles. The van der Waals surface area contributed by atoms with Gasteiger partial charge in [-0.05, 0) is 71.3 Å². The summed E-state index contributed by atoms with van der Waals surface area (Å²) in [5.41, 5.74) is -1.39. The first kappa shape index (κ1) is 34.4. The van der Waals surface area contributed by atoms with Gasteiger partial charge in [-0.15, -0.1) is 35.4 Å². The number of rotatable bonds is 7. The normalized spacial score (nSPS) is 16.1. The number of pyridine rings is 1. The van der Waals surface area contributed by atoms with Gasteiger partial charge in [0.25, 0.3) is 0 Å². The molecule has 1 N–H and O–H groups in total. The predicted molar refractivity (Wildman–Crippen MR) is 160 cm³/mol. The van der Waals surface area contributed by atoms with Crippen molar-refractivity contribution in [2.24, 2.45) is 11.8 Å². The molecule has 3 nitrogen and oxygen atoms in total. The Labute approximate surface area is 263 Å². The van der Waals surface area contributed by atoms with Gasteiger partial charge < -0.3 is 10.1 Å². The number of alkyl halides is 3. The molecule has 4 aromatic rings. The molecule has 0 saturated carbocycles. The van der Waals surface area contributed by atoms with Gasteiger partial charge in [0.15, 0.2) is 5.78 Å². The van der Waals surface area contributed by atoms with Gasteiger partial charge in [-0.1, -0.05) is 46.8 Å². The zero-order chi connectivity index (χ0) is 30.8. The minimum atomic E-state index is -4.57. The van der Waals surface area contributed by atoms with Gasteiger partial charge in [0.05, 0.1) is 11.2 Å². The van der Waals surface area contributed by atoms with E-state index in [0.29, 0.717) is 27.4 Å². The Balaban J connectivity index is 0.000000274. The molecule has 0 aliphatic heterocycles. The van der Waals surface area contributed by atoms with Gasteiger partial charge in [-0.3, -0.25) is 4.79 Å². The number of aliphatic hydroxyl groups is 1. The molecule has 1 aromatic heterocycles. The van der Waals surface area contributed by atoms with Gasteiger partial charge in [0.2, 0.25) is 0 Å². The summed E-state index contributed by atoms with van der Waals surface area (Å²) in [5.74, 6) is 0.00471. The van der Waals surface area contributed by atoms with E-state index < -0.39 is 17.4 Å². The molecule has 0 fully saturated rings. The van der Waals surface area contributed by atoms with Crippen LogP contribution in [0, 0.1) is 23.7 Å². The fourth-order valence-electron chi connectivity index (χ4n) is 5.96. The molecule has 3 aromatic carbocycles. The molecule has 1 aliphatic rings. The molecule has 0 saturated heterocycles. The number of allylic oxidation sites excluding steroid dienone is 2. The van der Waals surface area contributed by atoms with E-state index in [2.05, 4.69) is 11.1 Å². The minimum Gasteiger partial charge on any atom is -0.512 e. The maximum Gasteiger partial charge on any atom is 0.394 e. The van der Waals surface area contributed by atoms with E-state index in [1.165, 1.54) is 30.3 Å². The second kappa shape index (κ2) is 13.7. The molecule has 43 heavy (non-hydrogen) atoms. The van der Waals surface area contributed by atoms with E-state index in [1.807, 2.05) is 27.7 Å². The monoisotopic (exact) mass is 771 g/mol. The van der Waals surface area contributed by atoms with Gasteiger partial charge in [0.1, 0.15) is 5.82 Å². The fourth-order valence-corrected chi connectivity index (χ4v) is 5.96. The smallest absolute Gasteiger partial charge is 0.394 e. The number of fused-ring (bicyclic) bond motifs is 4. The number of halogens is 4. The third-order valence-corrected chi connectivity index (χ3v) is 8.67. The van der Waals surface area contributed by atoms with Gasteiger partial charge in [-0.25, -0.2) is 4.39 Å². The number of nitrogens with zero attached hydrogens (tertiary/aromatic N) is 1. The van der Waals surface area contributed by atoms with Gasteiger partial charge in [0, 0.05) is 49.6 Å². The van der Waals surface area contributed by atoms with Crippen molar-refractivity contribution in [3.8, 4) is 11.3 Å². The molecular formula is C35H36F4IrNO2-. The van der Waals surface area contributed by atoms with E-state index in [-0.39, 0.29) is 60.0 Å². The van der Waals surface area contributed by atoms with E-state index in [0.717, 1.165) is 32.6 Å². The second-order valence-corrected chi connectivity index (χ2v) is 10.9. The number of aliphatic hydroxyl groups excluding tert-OH is 1. The summed E-state index contributed by atoms with van der Waals surface area (Å²) >= 11 is 0. The third-order valence-electron chi connectivity index (χ3n) is 8.67. The third kappa shape index (κ3) is 6.14. The molecule has 1 unspecified atom stereocenters. The predicted octanol–water partition coefficient (Wildman–Crippen LogP) is 10.0. The summed E-state index contributed by atoms with van der Waals surface area (Å²) < 4.78 is 57.7. The average molecular weight is 771 g/mol. The zero-order valence-electron chi connectivity index (χ0n) is 24.9. The zero-order valence-corrected chi connectivity index (χ0v) is 27.3. The molecule has 5 rings (SSSR count). The van der Waals surface area contributed by atoms with Crippen LogP contribution in [0.15, 0.2) is 66.6 Å². The van der Waals surface area contributed by atoms with E-state index in [1.54, 1.807) is 30.5 Å². The largest absolute Gasteiger partial charge is 0.512 e. The Kier molecular flexibility index (Phi) is 11.0. The first-order chi connectivity index (χ1) is 19.9. The van der Waals surface area contributed by atoms with E-state index >= 15 is 0 Å². The van der Waals surface area contributed by atoms with Crippen LogP contribution in [0.25, 0.3) is 32.8 Å². The van der Waals surface area contributed by atoms with Crippen LogP contribution in [-0.4, -0.2) is 22.1 Å². The summed E-state index contributed by atoms with van der Waals surface area (Å²) in [6, 6.07) is 15.0. The Morgan fingerprint density at radius 1 is 0.953 bits per heavy atom. The molecular weight excluding hydrogens is 735 g/mol. The van der Waals surface area contributed by atoms with Gasteiger partial charge >= 0.3 is 6.18 Å². The van der Waals surface area contributed by atoms with Crippen molar-refractivity contribution in [2.75, 3.05) is 0 Å². The molecule has 8 heteroatoms. The van der Waals surface area contributed by atoms with Crippen LogP contribution in [0.3, 0.4) is 0 Å². The van der Waals surface area contributed by atoms with E-state index in [4.69, 9.17) is 0 Å². The van der Waals surface area contributed by atoms with Crippen LogP contribution in [-0.2, 0) is 30.3 Å². The van der Waals surface area contributed by atoms with Crippen molar-refractivity contribution < 1.29 is 47.6 Å². The molecule has 231 valence electrons. The van der Waals surface area contributed by atoms with Crippen LogP contribution in [0.1, 0.15) is 71.4 Å². The van der Waals surface area contributed by atoms with Crippen LogP contribution < -0.4 is 0 Å². The first-order valence-corrected chi connectivity index (χ1v) is 14.5. The number of ketones is 1. The summed E-state index contributed by atoms with van der Waals surface area (Å²) in [5, 5.41) is 11.5. The maximum atomic E-state index is 14.5. The summed E-state index contributed by atoms with van der Waals surface area (Å²) in [6.45, 7) is 9.22. The maximum absolute atomic E-state index is 14.5. The molecule has 0 bridgehead atoms. The topological polar surface area (TPSA) is 50.2 Å². The Hall–Kier alpha value is -3.09. The molecule has 1 atom stereocenters. The number of benzene rings is 3. The Morgan fingerprint density at radius 3 is 2.21 bits per heavy atom. The number of hydrogen-bond acceptors (Lipinski definition) is 3. The van der Waals surface area contributed by atoms with Crippen LogP contribution in [0.4, 0.5) is 17.6 Å². The Morgan fingerprint density at radius 2 is 1.60 bits per heavy atom. The SMILES string of the molecule is CC1(C(F)(F)F)c2ccc[c-]c2-c2nccc3c2c1cc1c(F)cccc13.CCC(CC)C(=O)/C=C(\O)C(CC)CC.[Ir]. The van der Waals surface area contributed by atoms with Crippen LogP contribution >= 0.6 is 0 Å². The minimum absolute atomic E-state index is 0. The van der Waals surface area contributed by atoms with E-state index in [9.17, 15) is 27.5 Å². The number of carbonyl (C=O) groups is 1. The Bertz CT molecular complexity index is 1640. The number of carbonyl (C=O) groups excluding carboxylic acids is 1. The summed E-state index contributed by atoms with van der Waals surface area (Å²) in [7, 11) is 0. The molecule has 0 amide bonds. The van der Waals surface area contributed by atoms with Crippen LogP contribution in [0.2, 0.25) is 0 Å². The van der Waals surface area contributed by atoms with Crippen molar-refractivity contribution in [3.63, 3.8) is 0 Å². The second-order valence-electron chi connectivity index (χ2n) is 10.9. The molecule has 1 radical (unpaired) electrons. The van der Waals surface area contributed by atoms with Crippen molar-refractivity contribution in [1.82, 2.24) is 4.98 Å². The summed E-state index contributed by atoms with van der Waals surface area (Å²) in [4.78, 5) is 16.1. The van der Waals surface area contributed by atoms with Gasteiger partial charge in [-0.2, -0.15) is 13.2 Å².